The van der Waals surface area contributed by atoms with Crippen LogP contribution in [0.4, 0.5) is 10.5 Å². The van der Waals surface area contributed by atoms with E-state index in [4.69, 9.17) is 27.9 Å². The lowest BCUT2D eigenvalue weighted by Crippen LogP contribution is -2.54. The summed E-state index contributed by atoms with van der Waals surface area (Å²) in [4.78, 5) is 39.3. The van der Waals surface area contributed by atoms with Gasteiger partial charge in [-0.1, -0.05) is 35.3 Å². The molecule has 1 fully saturated rings. The molecule has 184 valence electrons. The summed E-state index contributed by atoms with van der Waals surface area (Å²) >= 11 is 19.1. The normalized spacial score (nSPS) is 14.9. The number of rotatable bonds is 5. The van der Waals surface area contributed by atoms with Crippen LogP contribution in [0.5, 0.6) is 5.75 Å². The van der Waals surface area contributed by atoms with E-state index in [0.29, 0.717) is 36.0 Å². The van der Waals surface area contributed by atoms with Crippen LogP contribution in [0.3, 0.4) is 0 Å². The number of benzene rings is 3. The Morgan fingerprint density at radius 1 is 0.944 bits per heavy atom. The average molecular weight is 653 g/mol. The van der Waals surface area contributed by atoms with E-state index in [-0.39, 0.29) is 12.2 Å². The summed E-state index contributed by atoms with van der Waals surface area (Å²) in [6, 6.07) is 13.1. The zero-order valence-corrected chi connectivity index (χ0v) is 23.7. The second-order valence-corrected chi connectivity index (χ2v) is 10.7. The number of imide groups is 2. The summed E-state index contributed by atoms with van der Waals surface area (Å²) in [5.74, 6) is -0.969. The van der Waals surface area contributed by atoms with Gasteiger partial charge < -0.3 is 4.74 Å². The zero-order chi connectivity index (χ0) is 26.1. The molecule has 0 aromatic heterocycles. The summed E-state index contributed by atoms with van der Waals surface area (Å²) in [6.07, 6.45) is 1.43. The Morgan fingerprint density at radius 3 is 2.19 bits per heavy atom. The number of carbonyl (C=O) groups excluding carboxylic acids is 3. The van der Waals surface area contributed by atoms with E-state index in [2.05, 4.69) is 37.2 Å². The number of hydrogen-bond acceptors (Lipinski definition) is 4. The molecule has 0 saturated carbocycles. The molecule has 36 heavy (non-hydrogen) atoms. The Morgan fingerprint density at radius 2 is 1.58 bits per heavy atom. The van der Waals surface area contributed by atoms with Crippen molar-refractivity contribution in [1.29, 1.82) is 0 Å². The number of nitrogens with zero attached hydrogens (tertiary/aromatic N) is 1. The average Bonchev–Trinajstić information content (AvgIpc) is 2.76. The molecular formula is C26H18Br2Cl2N2O4. The van der Waals surface area contributed by atoms with Crippen molar-refractivity contribution >= 4 is 84.7 Å². The van der Waals surface area contributed by atoms with Crippen LogP contribution in [0.1, 0.15) is 22.3 Å². The molecule has 1 saturated heterocycles. The Hall–Kier alpha value is -2.65. The molecule has 1 aliphatic rings. The summed E-state index contributed by atoms with van der Waals surface area (Å²) in [7, 11) is 0. The molecule has 0 radical (unpaired) electrons. The number of amides is 4. The minimum Gasteiger partial charge on any atom is -0.486 e. The standard InChI is InChI=1S/C26H18Br2Cl2N2O4/c1-13-5-14(2)7-18(6-13)32-25(34)19(24(33)31-26(32)35)8-15-9-20(27)23(21(28)10-15)36-12-16-3-4-17(29)11-22(16)30/h3-11H,12H2,1-2H3,(H,31,33,35)/b19-8+. The largest absolute Gasteiger partial charge is 0.486 e. The molecule has 0 atom stereocenters. The third kappa shape index (κ3) is 5.67. The Kier molecular flexibility index (Phi) is 7.90. The third-order valence-electron chi connectivity index (χ3n) is 5.29. The molecule has 10 heteroatoms. The minimum atomic E-state index is -0.792. The van der Waals surface area contributed by atoms with Gasteiger partial charge in [0.15, 0.2) is 0 Å². The molecule has 0 unspecified atom stereocenters. The van der Waals surface area contributed by atoms with E-state index < -0.39 is 17.8 Å². The Bertz CT molecular complexity index is 1410. The number of carbonyl (C=O) groups is 3. The Balaban J connectivity index is 1.62. The van der Waals surface area contributed by atoms with Crippen LogP contribution in [0.2, 0.25) is 10.0 Å². The van der Waals surface area contributed by atoms with E-state index in [9.17, 15) is 14.4 Å². The van der Waals surface area contributed by atoms with Gasteiger partial charge in [-0.05, 0) is 105 Å². The predicted octanol–water partition coefficient (Wildman–Crippen LogP) is 7.38. The first-order valence-electron chi connectivity index (χ1n) is 10.6. The zero-order valence-electron chi connectivity index (χ0n) is 19.0. The molecule has 1 N–H and O–H groups in total. The molecule has 0 aliphatic carbocycles. The number of halogens is 4. The first-order valence-corrected chi connectivity index (χ1v) is 12.9. The maximum atomic E-state index is 13.2. The van der Waals surface area contributed by atoms with Gasteiger partial charge in [0, 0.05) is 15.6 Å². The van der Waals surface area contributed by atoms with Crippen molar-refractivity contribution in [2.75, 3.05) is 4.90 Å². The quantitative estimate of drug-likeness (QED) is 0.231. The van der Waals surface area contributed by atoms with E-state index in [1.165, 1.54) is 6.08 Å². The van der Waals surface area contributed by atoms with Gasteiger partial charge >= 0.3 is 6.03 Å². The summed E-state index contributed by atoms with van der Waals surface area (Å²) in [5, 5.41) is 3.26. The monoisotopic (exact) mass is 650 g/mol. The fraction of sp³-hybridized carbons (Fsp3) is 0.115. The lowest BCUT2D eigenvalue weighted by molar-refractivity contribution is -0.122. The van der Waals surface area contributed by atoms with Crippen LogP contribution in [0.15, 0.2) is 63.0 Å². The van der Waals surface area contributed by atoms with Gasteiger partial charge in [-0.15, -0.1) is 0 Å². The van der Waals surface area contributed by atoms with Crippen LogP contribution < -0.4 is 15.0 Å². The first-order chi connectivity index (χ1) is 17.0. The number of hydrogen-bond donors (Lipinski definition) is 1. The van der Waals surface area contributed by atoms with Gasteiger partial charge in [-0.2, -0.15) is 0 Å². The lowest BCUT2D eigenvalue weighted by atomic mass is 10.1. The van der Waals surface area contributed by atoms with Crippen molar-refractivity contribution < 1.29 is 19.1 Å². The predicted molar refractivity (Wildman–Crippen MR) is 148 cm³/mol. The summed E-state index contributed by atoms with van der Waals surface area (Å²) < 4.78 is 7.10. The van der Waals surface area contributed by atoms with Crippen molar-refractivity contribution in [3.05, 3.63) is 95.3 Å². The fourth-order valence-electron chi connectivity index (χ4n) is 3.73. The van der Waals surface area contributed by atoms with Gasteiger partial charge in [0.05, 0.1) is 14.6 Å². The molecule has 4 rings (SSSR count). The van der Waals surface area contributed by atoms with Crippen LogP contribution in [0, 0.1) is 13.8 Å². The summed E-state index contributed by atoms with van der Waals surface area (Å²) in [5.41, 5.74) is 3.29. The van der Waals surface area contributed by atoms with Gasteiger partial charge in [0.1, 0.15) is 17.9 Å². The topological polar surface area (TPSA) is 75.7 Å². The van der Waals surface area contributed by atoms with Crippen molar-refractivity contribution in [1.82, 2.24) is 5.32 Å². The SMILES string of the molecule is Cc1cc(C)cc(N2C(=O)NC(=O)/C(=C\c3cc(Br)c(OCc4ccc(Cl)cc4Cl)c(Br)c3)C2=O)c1. The van der Waals surface area contributed by atoms with E-state index in [1.807, 2.05) is 19.9 Å². The minimum absolute atomic E-state index is 0.172. The molecule has 4 amide bonds. The molecule has 3 aromatic carbocycles. The highest BCUT2D eigenvalue weighted by atomic mass is 79.9. The van der Waals surface area contributed by atoms with Gasteiger partial charge in [0.25, 0.3) is 11.8 Å². The highest BCUT2D eigenvalue weighted by Gasteiger charge is 2.37. The van der Waals surface area contributed by atoms with Crippen molar-refractivity contribution in [3.8, 4) is 5.75 Å². The molecule has 6 nitrogen and oxygen atoms in total. The second-order valence-electron chi connectivity index (χ2n) is 8.14. The maximum Gasteiger partial charge on any atom is 0.335 e. The van der Waals surface area contributed by atoms with Crippen LogP contribution in [-0.2, 0) is 16.2 Å². The highest BCUT2D eigenvalue weighted by Crippen LogP contribution is 2.37. The van der Waals surface area contributed by atoms with Crippen molar-refractivity contribution in [2.24, 2.45) is 0 Å². The molecule has 0 bridgehead atoms. The Labute approximate surface area is 234 Å². The molecular weight excluding hydrogens is 635 g/mol. The van der Waals surface area contributed by atoms with Crippen LogP contribution in [0.25, 0.3) is 6.08 Å². The first kappa shape index (κ1) is 26.4. The number of urea groups is 1. The van der Waals surface area contributed by atoms with E-state index >= 15 is 0 Å². The van der Waals surface area contributed by atoms with E-state index in [1.54, 1.807) is 42.5 Å². The molecule has 1 heterocycles. The van der Waals surface area contributed by atoms with Crippen LogP contribution >= 0.6 is 55.1 Å². The van der Waals surface area contributed by atoms with Gasteiger partial charge in [-0.25, -0.2) is 9.69 Å². The van der Waals surface area contributed by atoms with Gasteiger partial charge in [0.2, 0.25) is 0 Å². The lowest BCUT2D eigenvalue weighted by Gasteiger charge is -2.27. The summed E-state index contributed by atoms with van der Waals surface area (Å²) in [6.45, 7) is 3.93. The fourth-order valence-corrected chi connectivity index (χ4v) is 5.64. The number of anilines is 1. The highest BCUT2D eigenvalue weighted by molar-refractivity contribution is 9.11. The van der Waals surface area contributed by atoms with E-state index in [0.717, 1.165) is 21.6 Å². The van der Waals surface area contributed by atoms with Crippen molar-refractivity contribution in [3.63, 3.8) is 0 Å². The maximum absolute atomic E-state index is 13.2. The molecule has 0 spiro atoms. The second kappa shape index (κ2) is 10.8. The molecule has 1 aliphatic heterocycles. The number of barbiturate groups is 1. The number of aryl methyl sites for hydroxylation is 2. The number of ether oxygens (including phenoxy) is 1. The molecule has 3 aromatic rings. The van der Waals surface area contributed by atoms with Crippen LogP contribution in [-0.4, -0.2) is 17.8 Å². The third-order valence-corrected chi connectivity index (χ3v) is 7.05. The van der Waals surface area contributed by atoms with Crippen molar-refractivity contribution in [2.45, 2.75) is 20.5 Å². The van der Waals surface area contributed by atoms with Gasteiger partial charge in [-0.3, -0.25) is 14.9 Å². The smallest absolute Gasteiger partial charge is 0.335 e. The number of nitrogens with one attached hydrogen (secondary N) is 1.